The number of carbonyl (C=O) groups excluding carboxylic acids is 2. The lowest BCUT2D eigenvalue weighted by atomic mass is 9.94. The predicted octanol–water partition coefficient (Wildman–Crippen LogP) is 3.46. The van der Waals surface area contributed by atoms with Crippen molar-refractivity contribution < 1.29 is 19.1 Å². The van der Waals surface area contributed by atoms with E-state index in [9.17, 15) is 14.7 Å². The Balaban J connectivity index is 2.04. The molecule has 120 valence electrons. The van der Waals surface area contributed by atoms with Crippen molar-refractivity contribution in [3.05, 3.63) is 57.9 Å². The molecule has 1 aliphatic heterocycles. The van der Waals surface area contributed by atoms with E-state index in [1.54, 1.807) is 26.0 Å². The highest BCUT2D eigenvalue weighted by molar-refractivity contribution is 7.09. The lowest BCUT2D eigenvalue weighted by Gasteiger charge is -2.24. The van der Waals surface area contributed by atoms with Gasteiger partial charge in [-0.1, -0.05) is 19.9 Å². The number of hydrogen-bond donors (Lipinski definition) is 1. The minimum absolute atomic E-state index is 0.122. The third-order valence-corrected chi connectivity index (χ3v) is 4.67. The highest BCUT2D eigenvalue weighted by Gasteiger charge is 2.45. The van der Waals surface area contributed by atoms with Crippen molar-refractivity contribution in [2.24, 2.45) is 5.92 Å². The molecule has 0 aliphatic carbocycles. The van der Waals surface area contributed by atoms with Gasteiger partial charge in [0.2, 0.25) is 0 Å². The maximum absolute atomic E-state index is 12.5. The maximum atomic E-state index is 12.5. The predicted molar refractivity (Wildman–Crippen MR) is 85.8 cm³/mol. The van der Waals surface area contributed by atoms with Crippen LogP contribution in [0.4, 0.5) is 0 Å². The van der Waals surface area contributed by atoms with Crippen molar-refractivity contribution in [3.8, 4) is 0 Å². The molecule has 0 spiro atoms. The first kappa shape index (κ1) is 15.6. The first-order valence-corrected chi connectivity index (χ1v) is 8.22. The van der Waals surface area contributed by atoms with Crippen LogP contribution in [0.3, 0.4) is 0 Å². The van der Waals surface area contributed by atoms with Gasteiger partial charge in [-0.05, 0) is 23.6 Å². The van der Waals surface area contributed by atoms with Crippen molar-refractivity contribution in [2.45, 2.75) is 26.4 Å². The molecule has 1 aliphatic rings. The molecule has 6 heteroatoms. The molecule has 0 aromatic carbocycles. The molecule has 1 N–H and O–H groups in total. The number of thiophene rings is 1. The van der Waals surface area contributed by atoms with E-state index in [1.807, 2.05) is 17.5 Å². The van der Waals surface area contributed by atoms with Gasteiger partial charge >= 0.3 is 0 Å². The van der Waals surface area contributed by atoms with E-state index in [0.717, 1.165) is 4.88 Å². The van der Waals surface area contributed by atoms with E-state index >= 15 is 0 Å². The van der Waals surface area contributed by atoms with Crippen molar-refractivity contribution in [1.82, 2.24) is 4.90 Å². The van der Waals surface area contributed by atoms with Crippen LogP contribution in [0.1, 0.15) is 30.5 Å². The van der Waals surface area contributed by atoms with Crippen molar-refractivity contribution in [3.63, 3.8) is 0 Å². The van der Waals surface area contributed by atoms with Crippen LogP contribution in [0.25, 0.3) is 0 Å². The number of ketones is 1. The van der Waals surface area contributed by atoms with Crippen LogP contribution in [-0.4, -0.2) is 21.7 Å². The Bertz CT molecular complexity index is 744. The van der Waals surface area contributed by atoms with Crippen LogP contribution in [0.15, 0.2) is 51.7 Å². The lowest BCUT2D eigenvalue weighted by Crippen LogP contribution is -2.30. The Morgan fingerprint density at radius 3 is 2.74 bits per heavy atom. The number of aliphatic hydroxyl groups is 1. The van der Waals surface area contributed by atoms with E-state index in [2.05, 4.69) is 0 Å². The van der Waals surface area contributed by atoms with Crippen LogP contribution in [-0.2, 0) is 16.1 Å². The average molecular weight is 331 g/mol. The van der Waals surface area contributed by atoms with Gasteiger partial charge in [-0.3, -0.25) is 9.59 Å². The third kappa shape index (κ3) is 2.70. The van der Waals surface area contributed by atoms with E-state index in [1.165, 1.54) is 22.5 Å². The van der Waals surface area contributed by atoms with Gasteiger partial charge in [-0.25, -0.2) is 0 Å². The molecule has 0 bridgehead atoms. The second-order valence-corrected chi connectivity index (χ2v) is 6.74. The molecular weight excluding hydrogens is 314 g/mol. The minimum Gasteiger partial charge on any atom is -0.503 e. The molecule has 3 heterocycles. The summed E-state index contributed by atoms with van der Waals surface area (Å²) in [7, 11) is 0. The smallest absolute Gasteiger partial charge is 0.290 e. The summed E-state index contributed by atoms with van der Waals surface area (Å²) in [6.45, 7) is 3.81. The molecule has 0 fully saturated rings. The van der Waals surface area contributed by atoms with Crippen LogP contribution < -0.4 is 0 Å². The largest absolute Gasteiger partial charge is 0.503 e. The number of amides is 1. The number of carbonyl (C=O) groups is 2. The monoisotopic (exact) mass is 331 g/mol. The standard InChI is InChI=1S/C17H17NO4S/c1-10(2)15(19)13-14(12-6-3-7-22-12)18(17(21)16(13)20)9-11-5-4-8-23-11/h3-8,10,14,20H,9H2,1-2H3. The molecule has 1 amide bonds. The minimum atomic E-state index is -0.686. The Morgan fingerprint density at radius 1 is 1.39 bits per heavy atom. The lowest BCUT2D eigenvalue weighted by molar-refractivity contribution is -0.130. The summed E-state index contributed by atoms with van der Waals surface area (Å²) < 4.78 is 5.44. The van der Waals surface area contributed by atoms with Crippen LogP contribution in [0.5, 0.6) is 0 Å². The fourth-order valence-corrected chi connectivity index (χ4v) is 3.40. The van der Waals surface area contributed by atoms with Gasteiger partial charge in [-0.15, -0.1) is 11.3 Å². The zero-order chi connectivity index (χ0) is 16.6. The van der Waals surface area contributed by atoms with E-state index in [4.69, 9.17) is 4.42 Å². The molecule has 2 aromatic heterocycles. The van der Waals surface area contributed by atoms with E-state index in [0.29, 0.717) is 12.3 Å². The number of Topliss-reactive ketones (excluding diaryl/α,β-unsaturated/α-hetero) is 1. The molecule has 0 saturated carbocycles. The molecule has 0 saturated heterocycles. The summed E-state index contributed by atoms with van der Waals surface area (Å²) in [6, 6.07) is 6.54. The molecule has 3 rings (SSSR count). The van der Waals surface area contributed by atoms with Crippen LogP contribution in [0, 0.1) is 5.92 Å². The van der Waals surface area contributed by atoms with Crippen molar-refractivity contribution in [1.29, 1.82) is 0 Å². The third-order valence-electron chi connectivity index (χ3n) is 3.81. The van der Waals surface area contributed by atoms with Gasteiger partial charge in [0.1, 0.15) is 11.8 Å². The first-order valence-electron chi connectivity index (χ1n) is 7.34. The van der Waals surface area contributed by atoms with Gasteiger partial charge < -0.3 is 14.4 Å². The average Bonchev–Trinajstić information content (AvgIpc) is 3.24. The summed E-state index contributed by atoms with van der Waals surface area (Å²) in [5.41, 5.74) is 0.122. The van der Waals surface area contributed by atoms with Gasteiger partial charge in [0.05, 0.1) is 18.4 Å². The molecular formula is C17H17NO4S. The van der Waals surface area contributed by atoms with Gasteiger partial charge in [-0.2, -0.15) is 0 Å². The number of furan rings is 1. The van der Waals surface area contributed by atoms with Gasteiger partial charge in [0.15, 0.2) is 11.5 Å². The highest BCUT2D eigenvalue weighted by Crippen LogP contribution is 2.40. The van der Waals surface area contributed by atoms with Crippen LogP contribution in [0.2, 0.25) is 0 Å². The topological polar surface area (TPSA) is 70.8 Å². The van der Waals surface area contributed by atoms with Crippen molar-refractivity contribution >= 4 is 23.0 Å². The Hall–Kier alpha value is -2.34. The molecule has 1 unspecified atom stereocenters. The second kappa shape index (κ2) is 6.04. The van der Waals surface area contributed by atoms with Crippen molar-refractivity contribution in [2.75, 3.05) is 0 Å². The zero-order valence-corrected chi connectivity index (χ0v) is 13.7. The van der Waals surface area contributed by atoms with Crippen LogP contribution >= 0.6 is 11.3 Å². The van der Waals surface area contributed by atoms with Gasteiger partial charge in [0.25, 0.3) is 5.91 Å². The quantitative estimate of drug-likeness (QED) is 0.911. The first-order chi connectivity index (χ1) is 11.0. The summed E-state index contributed by atoms with van der Waals surface area (Å²) in [6.07, 6.45) is 1.50. The summed E-state index contributed by atoms with van der Waals surface area (Å²) in [4.78, 5) is 27.5. The normalized spacial score (nSPS) is 18.3. The Labute approximate surface area is 137 Å². The number of hydrogen-bond acceptors (Lipinski definition) is 5. The Morgan fingerprint density at radius 2 is 2.17 bits per heavy atom. The highest BCUT2D eigenvalue weighted by atomic mass is 32.1. The second-order valence-electron chi connectivity index (χ2n) is 5.71. The summed E-state index contributed by atoms with van der Waals surface area (Å²) >= 11 is 1.52. The molecule has 23 heavy (non-hydrogen) atoms. The van der Waals surface area contributed by atoms with Gasteiger partial charge in [0, 0.05) is 10.8 Å². The molecule has 2 aromatic rings. The number of rotatable bonds is 5. The number of aliphatic hydroxyl groups excluding tert-OH is 1. The number of nitrogens with zero attached hydrogens (tertiary/aromatic N) is 1. The SMILES string of the molecule is CC(C)C(=O)C1=C(O)C(=O)N(Cc2cccs2)C1c1ccco1. The fourth-order valence-electron chi connectivity index (χ4n) is 2.69. The summed E-state index contributed by atoms with van der Waals surface area (Å²) in [5, 5.41) is 12.2. The fraction of sp³-hybridized carbons (Fsp3) is 0.294. The maximum Gasteiger partial charge on any atom is 0.290 e. The molecule has 1 atom stereocenters. The molecule has 5 nitrogen and oxygen atoms in total. The summed E-state index contributed by atoms with van der Waals surface area (Å²) in [5.74, 6) is -1.10. The molecule has 0 radical (unpaired) electrons. The zero-order valence-electron chi connectivity index (χ0n) is 12.9. The van der Waals surface area contributed by atoms with E-state index < -0.39 is 17.7 Å². The van der Waals surface area contributed by atoms with E-state index in [-0.39, 0.29) is 17.3 Å². The Kier molecular flexibility index (Phi) is 4.09.